The molecule has 0 spiro atoms. The van der Waals surface area contributed by atoms with Gasteiger partial charge in [-0.15, -0.1) is 0 Å². The van der Waals surface area contributed by atoms with E-state index < -0.39 is 0 Å². The lowest BCUT2D eigenvalue weighted by molar-refractivity contribution is 0.145. The second-order valence-electron chi connectivity index (χ2n) is 7.28. The zero-order valence-electron chi connectivity index (χ0n) is 18.8. The third-order valence-electron chi connectivity index (χ3n) is 4.85. The summed E-state index contributed by atoms with van der Waals surface area (Å²) in [5.41, 5.74) is 3.95. The van der Waals surface area contributed by atoms with Gasteiger partial charge < -0.3 is 20.1 Å². The van der Waals surface area contributed by atoms with Gasteiger partial charge in [-0.2, -0.15) is 5.10 Å². The first-order chi connectivity index (χ1) is 15.6. The number of guanidine groups is 1. The number of aromatic nitrogens is 2. The zero-order valence-corrected chi connectivity index (χ0v) is 18.8. The minimum atomic E-state index is -0.261. The van der Waals surface area contributed by atoms with Crippen molar-refractivity contribution in [3.63, 3.8) is 0 Å². The van der Waals surface area contributed by atoms with E-state index in [9.17, 15) is 4.39 Å². The summed E-state index contributed by atoms with van der Waals surface area (Å²) in [5.74, 6) is 1.28. The van der Waals surface area contributed by atoms with E-state index in [4.69, 9.17) is 9.47 Å². The number of benzene rings is 2. The molecule has 1 heterocycles. The van der Waals surface area contributed by atoms with Crippen LogP contribution in [0.4, 0.5) is 4.39 Å². The quantitative estimate of drug-likeness (QED) is 0.288. The maximum Gasteiger partial charge on any atom is 0.191 e. The van der Waals surface area contributed by atoms with Crippen molar-refractivity contribution < 1.29 is 13.9 Å². The van der Waals surface area contributed by atoms with Crippen LogP contribution in [0.5, 0.6) is 5.75 Å². The number of ether oxygens (including phenoxy) is 2. The molecular weight excluding hydrogens is 409 g/mol. The Morgan fingerprint density at radius 1 is 1.09 bits per heavy atom. The summed E-state index contributed by atoms with van der Waals surface area (Å²) in [6.45, 7) is 4.34. The van der Waals surface area contributed by atoms with Crippen LogP contribution in [0.15, 0.2) is 59.7 Å². The largest absolute Gasteiger partial charge is 0.491 e. The van der Waals surface area contributed by atoms with Gasteiger partial charge in [0.1, 0.15) is 18.2 Å². The summed E-state index contributed by atoms with van der Waals surface area (Å²) in [5, 5.41) is 11.2. The Morgan fingerprint density at radius 3 is 2.66 bits per heavy atom. The van der Waals surface area contributed by atoms with Gasteiger partial charge >= 0.3 is 0 Å². The van der Waals surface area contributed by atoms with Gasteiger partial charge in [0.25, 0.3) is 0 Å². The molecule has 0 aliphatic rings. The highest BCUT2D eigenvalue weighted by molar-refractivity contribution is 5.79. The highest BCUT2D eigenvalue weighted by Crippen LogP contribution is 2.20. The Kier molecular flexibility index (Phi) is 8.62. The Hall–Kier alpha value is -3.39. The summed E-state index contributed by atoms with van der Waals surface area (Å²) in [4.78, 5) is 4.29. The summed E-state index contributed by atoms with van der Waals surface area (Å²) in [6, 6.07) is 14.4. The lowest BCUT2D eigenvalue weighted by Crippen LogP contribution is -2.38. The second-order valence-corrected chi connectivity index (χ2v) is 7.28. The summed E-state index contributed by atoms with van der Waals surface area (Å²) in [6.07, 6.45) is 2.60. The summed E-state index contributed by atoms with van der Waals surface area (Å²) < 4.78 is 25.8. The molecule has 0 atom stereocenters. The Bertz CT molecular complexity index is 1020. The number of aryl methyl sites for hydroxylation is 1. The molecule has 0 amide bonds. The molecule has 32 heavy (non-hydrogen) atoms. The molecule has 3 rings (SSSR count). The molecule has 0 saturated carbocycles. The molecule has 2 N–H and O–H groups in total. The lowest BCUT2D eigenvalue weighted by atomic mass is 10.1. The van der Waals surface area contributed by atoms with Gasteiger partial charge in [0.2, 0.25) is 0 Å². The van der Waals surface area contributed by atoms with Crippen LogP contribution in [-0.4, -0.2) is 49.7 Å². The van der Waals surface area contributed by atoms with Gasteiger partial charge in [-0.05, 0) is 48.9 Å². The van der Waals surface area contributed by atoms with E-state index in [1.54, 1.807) is 31.0 Å². The predicted molar refractivity (Wildman–Crippen MR) is 124 cm³/mol. The molecule has 0 saturated heterocycles. The molecule has 0 fully saturated rings. The molecule has 3 aromatic rings. The van der Waals surface area contributed by atoms with E-state index in [0.717, 1.165) is 34.7 Å². The molecule has 0 unspecified atom stereocenters. The molecule has 7 nitrogen and oxygen atoms in total. The highest BCUT2D eigenvalue weighted by atomic mass is 19.1. The number of rotatable bonds is 10. The fraction of sp³-hybridized carbons (Fsp3) is 0.333. The van der Waals surface area contributed by atoms with E-state index in [2.05, 4.69) is 32.9 Å². The smallest absolute Gasteiger partial charge is 0.191 e. The van der Waals surface area contributed by atoms with Gasteiger partial charge in [0, 0.05) is 45.4 Å². The standard InChI is InChI=1S/C24H30FN5O2/c1-18-4-5-19(23(16-18)32-15-14-31-3)17-28-24(26-2)27-12-10-21-11-13-30(29-21)22-8-6-20(25)7-9-22/h4-9,11,13,16H,10,12,14-15,17H2,1-3H3,(H2,26,27,28). The molecule has 8 heteroatoms. The Morgan fingerprint density at radius 2 is 1.91 bits per heavy atom. The topological polar surface area (TPSA) is 72.7 Å². The Balaban J connectivity index is 1.49. The lowest BCUT2D eigenvalue weighted by Gasteiger charge is -2.15. The van der Waals surface area contributed by atoms with Crippen LogP contribution >= 0.6 is 0 Å². The van der Waals surface area contributed by atoms with E-state index >= 15 is 0 Å². The maximum absolute atomic E-state index is 13.1. The van der Waals surface area contributed by atoms with E-state index in [1.165, 1.54) is 12.1 Å². The number of halogens is 1. The third-order valence-corrected chi connectivity index (χ3v) is 4.85. The fourth-order valence-corrected chi connectivity index (χ4v) is 3.12. The van der Waals surface area contributed by atoms with Crippen molar-refractivity contribution in [2.24, 2.45) is 4.99 Å². The molecule has 0 aliphatic heterocycles. The molecule has 1 aromatic heterocycles. The number of methoxy groups -OCH3 is 1. The molecule has 0 radical (unpaired) electrons. The molecule has 0 bridgehead atoms. The highest BCUT2D eigenvalue weighted by Gasteiger charge is 2.07. The average molecular weight is 440 g/mol. The molecule has 2 aromatic carbocycles. The maximum atomic E-state index is 13.1. The molecule has 0 aliphatic carbocycles. The normalized spacial score (nSPS) is 11.4. The van der Waals surface area contributed by atoms with Crippen LogP contribution < -0.4 is 15.4 Å². The zero-order chi connectivity index (χ0) is 22.8. The van der Waals surface area contributed by atoms with Crippen molar-refractivity contribution in [3.05, 3.63) is 77.4 Å². The fourth-order valence-electron chi connectivity index (χ4n) is 3.12. The second kappa shape index (κ2) is 11.9. The minimum Gasteiger partial charge on any atom is -0.491 e. The van der Waals surface area contributed by atoms with E-state index in [0.29, 0.717) is 32.3 Å². The van der Waals surface area contributed by atoms with E-state index in [-0.39, 0.29) is 5.82 Å². The van der Waals surface area contributed by atoms with Crippen molar-refractivity contribution in [3.8, 4) is 11.4 Å². The number of nitrogens with zero attached hydrogens (tertiary/aromatic N) is 3. The van der Waals surface area contributed by atoms with Crippen molar-refractivity contribution in [1.29, 1.82) is 0 Å². The number of nitrogens with one attached hydrogen (secondary N) is 2. The van der Waals surface area contributed by atoms with Gasteiger partial charge in [-0.1, -0.05) is 12.1 Å². The van der Waals surface area contributed by atoms with Crippen molar-refractivity contribution >= 4 is 5.96 Å². The van der Waals surface area contributed by atoms with Crippen LogP contribution in [-0.2, 0) is 17.7 Å². The molecule has 170 valence electrons. The number of hydrogen-bond donors (Lipinski definition) is 2. The third kappa shape index (κ3) is 6.81. The molecular formula is C24H30FN5O2. The van der Waals surface area contributed by atoms with Gasteiger partial charge in [-0.3, -0.25) is 4.99 Å². The van der Waals surface area contributed by atoms with Crippen LogP contribution in [0.3, 0.4) is 0 Å². The van der Waals surface area contributed by atoms with Gasteiger partial charge in [0.05, 0.1) is 18.0 Å². The van der Waals surface area contributed by atoms with E-state index in [1.807, 2.05) is 25.3 Å². The monoisotopic (exact) mass is 439 g/mol. The van der Waals surface area contributed by atoms with Crippen LogP contribution in [0.25, 0.3) is 5.69 Å². The summed E-state index contributed by atoms with van der Waals surface area (Å²) in [7, 11) is 3.40. The first kappa shape index (κ1) is 23.3. The van der Waals surface area contributed by atoms with Crippen LogP contribution in [0.1, 0.15) is 16.8 Å². The number of aliphatic imine (C=N–C) groups is 1. The van der Waals surface area contributed by atoms with Crippen LogP contribution in [0, 0.1) is 12.7 Å². The van der Waals surface area contributed by atoms with Crippen molar-refractivity contribution in [2.45, 2.75) is 19.9 Å². The van der Waals surface area contributed by atoms with Crippen molar-refractivity contribution in [2.75, 3.05) is 33.9 Å². The SMILES string of the molecule is CN=C(NCCc1ccn(-c2ccc(F)cc2)n1)NCc1ccc(C)cc1OCCOC. The first-order valence-electron chi connectivity index (χ1n) is 10.6. The van der Waals surface area contributed by atoms with Crippen LogP contribution in [0.2, 0.25) is 0 Å². The Labute approximate surface area is 188 Å². The van der Waals surface area contributed by atoms with Crippen molar-refractivity contribution in [1.82, 2.24) is 20.4 Å². The summed E-state index contributed by atoms with van der Waals surface area (Å²) >= 11 is 0. The average Bonchev–Trinajstić information content (AvgIpc) is 3.26. The predicted octanol–water partition coefficient (Wildman–Crippen LogP) is 3.25. The minimum absolute atomic E-state index is 0.261. The van der Waals surface area contributed by atoms with Gasteiger partial charge in [-0.25, -0.2) is 9.07 Å². The number of hydrogen-bond acceptors (Lipinski definition) is 4. The van der Waals surface area contributed by atoms with Gasteiger partial charge in [0.15, 0.2) is 5.96 Å². The first-order valence-corrected chi connectivity index (χ1v) is 10.6.